The van der Waals surface area contributed by atoms with E-state index >= 15 is 0 Å². The predicted molar refractivity (Wildman–Crippen MR) is 117 cm³/mol. The van der Waals surface area contributed by atoms with Crippen molar-refractivity contribution in [3.05, 3.63) is 24.3 Å². The van der Waals surface area contributed by atoms with Gasteiger partial charge in [0.05, 0.1) is 0 Å². The van der Waals surface area contributed by atoms with E-state index in [2.05, 4.69) is 30.9 Å². The molecule has 162 valence electrons. The summed E-state index contributed by atoms with van der Waals surface area (Å²) in [4.78, 5) is 16.3. The Labute approximate surface area is 175 Å². The molecule has 0 radical (unpaired) electrons. The SMILES string of the molecule is CCCCCCCCCCCCC=CCCCC#CC(=O)On1c(O)ccc1O. The Balaban J connectivity index is 1.93. The van der Waals surface area contributed by atoms with Gasteiger partial charge in [0, 0.05) is 24.5 Å². The number of carbonyl (C=O) groups excluding carboxylic acids is 1. The van der Waals surface area contributed by atoms with Gasteiger partial charge in [-0.3, -0.25) is 0 Å². The molecule has 0 amide bonds. The van der Waals surface area contributed by atoms with Gasteiger partial charge in [-0.1, -0.05) is 82.8 Å². The largest absolute Gasteiger partial charge is 0.492 e. The van der Waals surface area contributed by atoms with Crippen molar-refractivity contribution >= 4 is 5.97 Å². The van der Waals surface area contributed by atoms with Crippen LogP contribution in [0.1, 0.15) is 96.8 Å². The summed E-state index contributed by atoms with van der Waals surface area (Å²) in [5, 5.41) is 18.7. The Morgan fingerprint density at radius 2 is 1.41 bits per heavy atom. The molecule has 5 heteroatoms. The van der Waals surface area contributed by atoms with Crippen LogP contribution in [0.15, 0.2) is 24.3 Å². The maximum Gasteiger partial charge on any atom is 0.409 e. The Kier molecular flexibility index (Phi) is 14.1. The lowest BCUT2D eigenvalue weighted by atomic mass is 10.1. The first kappa shape index (κ1) is 24.7. The van der Waals surface area contributed by atoms with Crippen molar-refractivity contribution in [2.45, 2.75) is 96.8 Å². The molecule has 0 bridgehead atoms. The quantitative estimate of drug-likeness (QED) is 0.217. The third-order valence-corrected chi connectivity index (χ3v) is 4.73. The fourth-order valence-electron chi connectivity index (χ4n) is 3.03. The zero-order chi connectivity index (χ0) is 21.2. The van der Waals surface area contributed by atoms with Crippen LogP contribution in [-0.2, 0) is 4.79 Å². The minimum Gasteiger partial charge on any atom is -0.492 e. The van der Waals surface area contributed by atoms with Crippen LogP contribution >= 0.6 is 0 Å². The Morgan fingerprint density at radius 3 is 2.00 bits per heavy atom. The summed E-state index contributed by atoms with van der Waals surface area (Å²) in [6.07, 6.45) is 21.6. The van der Waals surface area contributed by atoms with Crippen LogP contribution in [0.5, 0.6) is 11.8 Å². The van der Waals surface area contributed by atoms with E-state index in [9.17, 15) is 15.0 Å². The van der Waals surface area contributed by atoms with Crippen LogP contribution in [0, 0.1) is 11.8 Å². The number of carbonyl (C=O) groups is 1. The van der Waals surface area contributed by atoms with Crippen LogP contribution in [-0.4, -0.2) is 20.9 Å². The molecule has 1 heterocycles. The van der Waals surface area contributed by atoms with Crippen LogP contribution in [0.25, 0.3) is 0 Å². The molecule has 0 atom stereocenters. The second-order valence-corrected chi connectivity index (χ2v) is 7.36. The summed E-state index contributed by atoms with van der Waals surface area (Å²) in [7, 11) is 0. The average Bonchev–Trinajstić information content (AvgIpc) is 3.02. The maximum absolute atomic E-state index is 11.5. The molecule has 0 aliphatic rings. The smallest absolute Gasteiger partial charge is 0.409 e. The topological polar surface area (TPSA) is 71.7 Å². The van der Waals surface area contributed by atoms with Gasteiger partial charge >= 0.3 is 5.97 Å². The molecule has 2 N–H and O–H groups in total. The van der Waals surface area contributed by atoms with Crippen molar-refractivity contribution in [3.63, 3.8) is 0 Å². The number of hydrogen-bond acceptors (Lipinski definition) is 4. The maximum atomic E-state index is 11.5. The van der Waals surface area contributed by atoms with Crippen LogP contribution in [0.4, 0.5) is 0 Å². The van der Waals surface area contributed by atoms with Crippen molar-refractivity contribution in [1.29, 1.82) is 0 Å². The Hall–Kier alpha value is -2.35. The van der Waals surface area contributed by atoms with Gasteiger partial charge in [-0.2, -0.15) is 0 Å². The molecule has 5 nitrogen and oxygen atoms in total. The number of aromatic nitrogens is 1. The summed E-state index contributed by atoms with van der Waals surface area (Å²) in [6, 6.07) is 2.44. The van der Waals surface area contributed by atoms with Crippen LogP contribution in [0.3, 0.4) is 0 Å². The number of aromatic hydroxyl groups is 2. The first-order chi connectivity index (χ1) is 14.1. The van der Waals surface area contributed by atoms with Gasteiger partial charge in [0.2, 0.25) is 11.8 Å². The summed E-state index contributed by atoms with van der Waals surface area (Å²) in [5.74, 6) is 3.57. The van der Waals surface area contributed by atoms with Crippen molar-refractivity contribution < 1.29 is 19.8 Å². The summed E-state index contributed by atoms with van der Waals surface area (Å²) >= 11 is 0. The van der Waals surface area contributed by atoms with E-state index < -0.39 is 5.97 Å². The molecule has 0 aliphatic carbocycles. The molecule has 1 aromatic heterocycles. The van der Waals surface area contributed by atoms with Gasteiger partial charge in [0.15, 0.2) is 0 Å². The second-order valence-electron chi connectivity index (χ2n) is 7.36. The molecule has 0 aliphatic heterocycles. The molecule has 0 saturated carbocycles. The first-order valence-electron chi connectivity index (χ1n) is 11.1. The first-order valence-corrected chi connectivity index (χ1v) is 11.1. The number of nitrogens with zero attached hydrogens (tertiary/aromatic N) is 1. The average molecular weight is 404 g/mol. The van der Waals surface area contributed by atoms with E-state index in [1.807, 2.05) is 0 Å². The Bertz CT molecular complexity index is 632. The molecule has 0 spiro atoms. The normalized spacial score (nSPS) is 10.8. The Morgan fingerprint density at radius 1 is 0.897 bits per heavy atom. The fraction of sp³-hybridized carbons (Fsp3) is 0.625. The highest BCUT2D eigenvalue weighted by molar-refractivity contribution is 5.88. The summed E-state index contributed by atoms with van der Waals surface area (Å²) < 4.78 is 0.632. The number of allylic oxidation sites excluding steroid dienone is 2. The monoisotopic (exact) mass is 403 g/mol. The summed E-state index contributed by atoms with van der Waals surface area (Å²) in [6.45, 7) is 2.26. The van der Waals surface area contributed by atoms with E-state index in [4.69, 9.17) is 4.84 Å². The molecular formula is C24H37NO4. The standard InChI is InChI=1S/C24H37NO4/c1-2-3-4-5-6-7-8-9-10-11-12-13-14-15-16-17-18-19-24(28)29-25-22(26)20-21-23(25)27/h13-14,20-21,26-27H,2-12,15-17H2,1H3. The zero-order valence-corrected chi connectivity index (χ0v) is 17.9. The minimum atomic E-state index is -0.816. The lowest BCUT2D eigenvalue weighted by Gasteiger charge is -2.02. The van der Waals surface area contributed by atoms with Crippen LogP contribution < -0.4 is 4.84 Å². The molecular weight excluding hydrogens is 366 g/mol. The molecule has 29 heavy (non-hydrogen) atoms. The van der Waals surface area contributed by atoms with E-state index in [0.717, 1.165) is 19.3 Å². The van der Waals surface area contributed by atoms with E-state index in [-0.39, 0.29) is 11.8 Å². The van der Waals surface area contributed by atoms with E-state index in [0.29, 0.717) is 11.2 Å². The lowest BCUT2D eigenvalue weighted by molar-refractivity contribution is -0.138. The third-order valence-electron chi connectivity index (χ3n) is 4.73. The van der Waals surface area contributed by atoms with E-state index in [1.165, 1.54) is 76.3 Å². The second kappa shape index (κ2) is 16.6. The van der Waals surface area contributed by atoms with Crippen molar-refractivity contribution in [2.75, 3.05) is 0 Å². The molecule has 0 fully saturated rings. The summed E-state index contributed by atoms with van der Waals surface area (Å²) in [5.41, 5.74) is 0. The van der Waals surface area contributed by atoms with Gasteiger partial charge in [0.25, 0.3) is 0 Å². The number of hydrogen-bond donors (Lipinski definition) is 2. The molecule has 0 unspecified atom stereocenters. The minimum absolute atomic E-state index is 0.356. The van der Waals surface area contributed by atoms with Gasteiger partial charge in [0.1, 0.15) is 0 Å². The number of unbranched alkanes of at least 4 members (excludes halogenated alkanes) is 12. The molecule has 1 rings (SSSR count). The van der Waals surface area contributed by atoms with Crippen LogP contribution in [0.2, 0.25) is 0 Å². The van der Waals surface area contributed by atoms with Gasteiger partial charge in [-0.15, -0.1) is 4.73 Å². The molecule has 0 saturated heterocycles. The highest BCUT2D eigenvalue weighted by Gasteiger charge is 2.09. The predicted octanol–water partition coefficient (Wildman–Crippen LogP) is 5.90. The van der Waals surface area contributed by atoms with Gasteiger partial charge in [-0.05, 0) is 25.7 Å². The van der Waals surface area contributed by atoms with Gasteiger partial charge in [-0.25, -0.2) is 4.79 Å². The van der Waals surface area contributed by atoms with Crippen molar-refractivity contribution in [1.82, 2.24) is 4.73 Å². The number of rotatable bonds is 15. The van der Waals surface area contributed by atoms with E-state index in [1.54, 1.807) is 0 Å². The van der Waals surface area contributed by atoms with Gasteiger partial charge < -0.3 is 15.1 Å². The molecule has 1 aromatic rings. The zero-order valence-electron chi connectivity index (χ0n) is 17.9. The highest BCUT2D eigenvalue weighted by Crippen LogP contribution is 2.18. The van der Waals surface area contributed by atoms with Crippen molar-refractivity contribution in [3.8, 4) is 23.6 Å². The highest BCUT2D eigenvalue weighted by atomic mass is 16.7. The molecule has 0 aromatic carbocycles. The third kappa shape index (κ3) is 12.7. The lowest BCUT2D eigenvalue weighted by Crippen LogP contribution is -2.16. The fourth-order valence-corrected chi connectivity index (χ4v) is 3.03. The van der Waals surface area contributed by atoms with Crippen molar-refractivity contribution in [2.24, 2.45) is 0 Å².